The van der Waals surface area contributed by atoms with Crippen LogP contribution in [0.4, 0.5) is 5.69 Å². The highest BCUT2D eigenvalue weighted by molar-refractivity contribution is 5.95. The highest BCUT2D eigenvalue weighted by Gasteiger charge is 2.11. The molecule has 0 aliphatic heterocycles. The fraction of sp³-hybridized carbons (Fsp3) is 0.211. The molecule has 1 amide bonds. The number of rotatable bonds is 7. The Morgan fingerprint density at radius 3 is 2.00 bits per heavy atom. The van der Waals surface area contributed by atoms with Gasteiger partial charge in [0.1, 0.15) is 5.84 Å². The summed E-state index contributed by atoms with van der Waals surface area (Å²) >= 11 is 0. The predicted octanol–water partition coefficient (Wildman–Crippen LogP) is 2.86. The summed E-state index contributed by atoms with van der Waals surface area (Å²) in [4.78, 5) is 24.1. The molecule has 0 aliphatic carbocycles. The molecule has 0 bridgehead atoms. The van der Waals surface area contributed by atoms with Crippen LogP contribution in [-0.2, 0) is 9.59 Å². The van der Waals surface area contributed by atoms with Crippen LogP contribution in [0, 0.1) is 5.41 Å². The molecule has 2 aromatic rings. The van der Waals surface area contributed by atoms with Crippen LogP contribution in [0.2, 0.25) is 0 Å². The lowest BCUT2D eigenvalue weighted by atomic mass is 10.0. The molecule has 0 atom stereocenters. The first-order chi connectivity index (χ1) is 11.9. The molecule has 0 fully saturated rings. The number of benzene rings is 2. The standard InChI is InChI=1S/C19H21N3O3/c1-22(17(23)3-2-4-18(24)25)16-11-9-14(10-12-16)13-5-7-15(8-6-13)19(20)21/h5-12H,2-4H2,1H3,(H3,20,21)(H,24,25). The predicted molar refractivity (Wildman–Crippen MR) is 97.8 cm³/mol. The zero-order valence-corrected chi connectivity index (χ0v) is 14.0. The van der Waals surface area contributed by atoms with Gasteiger partial charge in [0.25, 0.3) is 0 Å². The van der Waals surface area contributed by atoms with E-state index in [0.717, 1.165) is 16.8 Å². The second kappa shape index (κ2) is 8.10. The van der Waals surface area contributed by atoms with Gasteiger partial charge in [-0.3, -0.25) is 15.0 Å². The Morgan fingerprint density at radius 2 is 1.52 bits per heavy atom. The summed E-state index contributed by atoms with van der Waals surface area (Å²) in [7, 11) is 1.68. The van der Waals surface area contributed by atoms with Gasteiger partial charge in [0.05, 0.1) is 0 Å². The molecule has 0 unspecified atom stereocenters. The maximum Gasteiger partial charge on any atom is 0.303 e. The van der Waals surface area contributed by atoms with Gasteiger partial charge in [0.15, 0.2) is 0 Å². The SMILES string of the molecule is CN(C(=O)CCCC(=O)O)c1ccc(-c2ccc(C(=N)N)cc2)cc1. The van der Waals surface area contributed by atoms with Gasteiger partial charge in [-0.15, -0.1) is 0 Å². The number of nitrogens with one attached hydrogen (secondary N) is 1. The molecule has 4 N–H and O–H groups in total. The summed E-state index contributed by atoms with van der Waals surface area (Å²) in [5.74, 6) is -0.972. The quantitative estimate of drug-likeness (QED) is 0.532. The molecular weight excluding hydrogens is 318 g/mol. The maximum absolute atomic E-state index is 12.1. The highest BCUT2D eigenvalue weighted by atomic mass is 16.4. The van der Waals surface area contributed by atoms with Gasteiger partial charge < -0.3 is 15.7 Å². The van der Waals surface area contributed by atoms with Crippen molar-refractivity contribution in [1.29, 1.82) is 5.41 Å². The van der Waals surface area contributed by atoms with Crippen molar-refractivity contribution in [3.05, 3.63) is 54.1 Å². The largest absolute Gasteiger partial charge is 0.481 e. The van der Waals surface area contributed by atoms with Crippen LogP contribution >= 0.6 is 0 Å². The lowest BCUT2D eigenvalue weighted by molar-refractivity contribution is -0.137. The molecule has 130 valence electrons. The Hall–Kier alpha value is -3.15. The zero-order chi connectivity index (χ0) is 18.4. The third kappa shape index (κ3) is 4.91. The van der Waals surface area contributed by atoms with Crippen molar-refractivity contribution in [3.8, 4) is 11.1 Å². The second-order valence-electron chi connectivity index (χ2n) is 5.74. The summed E-state index contributed by atoms with van der Waals surface area (Å²) in [5, 5.41) is 16.0. The van der Waals surface area contributed by atoms with Gasteiger partial charge in [-0.2, -0.15) is 0 Å². The van der Waals surface area contributed by atoms with Crippen LogP contribution in [0.1, 0.15) is 24.8 Å². The molecule has 0 spiro atoms. The van der Waals surface area contributed by atoms with Crippen molar-refractivity contribution in [3.63, 3.8) is 0 Å². The molecule has 0 aliphatic rings. The minimum absolute atomic E-state index is 0.00518. The number of aliphatic carboxylic acids is 1. The third-order valence-electron chi connectivity index (χ3n) is 3.94. The van der Waals surface area contributed by atoms with E-state index in [9.17, 15) is 9.59 Å². The fourth-order valence-corrected chi connectivity index (χ4v) is 2.42. The average Bonchev–Trinajstić information content (AvgIpc) is 2.61. The molecule has 0 aromatic heterocycles. The van der Waals surface area contributed by atoms with Crippen LogP contribution in [-0.4, -0.2) is 29.9 Å². The zero-order valence-electron chi connectivity index (χ0n) is 14.0. The number of nitrogens with two attached hydrogens (primary N) is 1. The number of carboxylic acids is 1. The number of hydrogen-bond acceptors (Lipinski definition) is 3. The van der Waals surface area contributed by atoms with Gasteiger partial charge in [-0.05, 0) is 29.7 Å². The number of amides is 1. The van der Waals surface area contributed by atoms with Crippen molar-refractivity contribution in [2.75, 3.05) is 11.9 Å². The van der Waals surface area contributed by atoms with Gasteiger partial charge in [0, 0.05) is 31.1 Å². The number of nitrogens with zero attached hydrogens (tertiary/aromatic N) is 1. The first kappa shape index (κ1) is 18.2. The fourth-order valence-electron chi connectivity index (χ4n) is 2.42. The number of anilines is 1. The van der Waals surface area contributed by atoms with Crippen molar-refractivity contribution >= 4 is 23.4 Å². The van der Waals surface area contributed by atoms with E-state index in [1.54, 1.807) is 19.2 Å². The normalized spacial score (nSPS) is 10.3. The van der Waals surface area contributed by atoms with Crippen LogP contribution < -0.4 is 10.6 Å². The van der Waals surface area contributed by atoms with E-state index in [-0.39, 0.29) is 24.6 Å². The molecule has 2 rings (SSSR count). The van der Waals surface area contributed by atoms with Crippen molar-refractivity contribution in [2.45, 2.75) is 19.3 Å². The lowest BCUT2D eigenvalue weighted by Crippen LogP contribution is -2.25. The summed E-state index contributed by atoms with van der Waals surface area (Å²) in [6.07, 6.45) is 0.533. The van der Waals surface area contributed by atoms with Gasteiger partial charge in [-0.25, -0.2) is 0 Å². The number of hydrogen-bond donors (Lipinski definition) is 3. The van der Waals surface area contributed by atoms with E-state index in [1.165, 1.54) is 4.90 Å². The molecule has 0 saturated heterocycles. The topological polar surface area (TPSA) is 107 Å². The monoisotopic (exact) mass is 339 g/mol. The first-order valence-electron chi connectivity index (χ1n) is 7.91. The minimum atomic E-state index is -0.893. The Labute approximate surface area is 146 Å². The van der Waals surface area contributed by atoms with Crippen LogP contribution in [0.3, 0.4) is 0 Å². The van der Waals surface area contributed by atoms with Crippen LogP contribution in [0.5, 0.6) is 0 Å². The van der Waals surface area contributed by atoms with Crippen LogP contribution in [0.15, 0.2) is 48.5 Å². The molecule has 6 heteroatoms. The Bertz CT molecular complexity index is 768. The number of carbonyl (C=O) groups is 2. The molecule has 0 heterocycles. The molecule has 2 aromatic carbocycles. The molecule has 0 radical (unpaired) electrons. The molecule has 0 saturated carbocycles. The van der Waals surface area contributed by atoms with Crippen molar-refractivity contribution < 1.29 is 14.7 Å². The lowest BCUT2D eigenvalue weighted by Gasteiger charge is -2.17. The highest BCUT2D eigenvalue weighted by Crippen LogP contribution is 2.23. The summed E-state index contributed by atoms with van der Waals surface area (Å²) < 4.78 is 0. The molecule has 6 nitrogen and oxygen atoms in total. The van der Waals surface area contributed by atoms with E-state index in [2.05, 4.69) is 0 Å². The van der Waals surface area contributed by atoms with E-state index < -0.39 is 5.97 Å². The number of amidine groups is 1. The number of carboxylic acid groups (broad SMARTS) is 1. The number of carbonyl (C=O) groups excluding carboxylic acids is 1. The van der Waals surface area contributed by atoms with E-state index in [4.69, 9.17) is 16.2 Å². The molecular formula is C19H21N3O3. The van der Waals surface area contributed by atoms with E-state index in [1.807, 2.05) is 36.4 Å². The minimum Gasteiger partial charge on any atom is -0.481 e. The Morgan fingerprint density at radius 1 is 1.00 bits per heavy atom. The Kier molecular flexibility index (Phi) is 5.89. The summed E-state index contributed by atoms with van der Waals surface area (Å²) in [6.45, 7) is 0. The maximum atomic E-state index is 12.1. The van der Waals surface area contributed by atoms with Gasteiger partial charge >= 0.3 is 5.97 Å². The third-order valence-corrected chi connectivity index (χ3v) is 3.94. The molecule has 25 heavy (non-hydrogen) atoms. The summed E-state index contributed by atoms with van der Waals surface area (Å²) in [6, 6.07) is 14.9. The Balaban J connectivity index is 2.04. The average molecular weight is 339 g/mol. The van der Waals surface area contributed by atoms with Gasteiger partial charge in [0.2, 0.25) is 5.91 Å². The van der Waals surface area contributed by atoms with Gasteiger partial charge in [-0.1, -0.05) is 36.4 Å². The van der Waals surface area contributed by atoms with E-state index in [0.29, 0.717) is 12.0 Å². The summed E-state index contributed by atoms with van der Waals surface area (Å²) in [5.41, 5.74) is 8.86. The smallest absolute Gasteiger partial charge is 0.303 e. The first-order valence-corrected chi connectivity index (χ1v) is 7.91. The number of nitrogen functional groups attached to an aromatic ring is 1. The second-order valence-corrected chi connectivity index (χ2v) is 5.74. The van der Waals surface area contributed by atoms with Crippen molar-refractivity contribution in [2.24, 2.45) is 5.73 Å². The van der Waals surface area contributed by atoms with Crippen LogP contribution in [0.25, 0.3) is 11.1 Å². The van der Waals surface area contributed by atoms with E-state index >= 15 is 0 Å². The van der Waals surface area contributed by atoms with Crippen molar-refractivity contribution in [1.82, 2.24) is 0 Å².